The largest absolute Gasteiger partial charge is 0.439 e. The van der Waals surface area contributed by atoms with Crippen molar-refractivity contribution in [2.45, 2.75) is 126 Å². The van der Waals surface area contributed by atoms with E-state index in [0.717, 1.165) is 22.4 Å². The molecule has 4 N–H and O–H groups in total. The third kappa shape index (κ3) is 22.0. The molecular formula is C82H95N13O16. The van der Waals surface area contributed by atoms with Gasteiger partial charge in [-0.3, -0.25) is 29.0 Å². The molecule has 584 valence electrons. The van der Waals surface area contributed by atoms with Gasteiger partial charge in [0.05, 0.1) is 89.2 Å². The quantitative estimate of drug-likeness (QED) is 0.0206. The minimum atomic E-state index is -1.20. The summed E-state index contributed by atoms with van der Waals surface area (Å²) >= 11 is 0. The van der Waals surface area contributed by atoms with Crippen LogP contribution in [0.5, 0.6) is 0 Å². The summed E-state index contributed by atoms with van der Waals surface area (Å²) in [5.74, 6) is -1.81. The smallest absolute Gasteiger partial charge is 0.411 e. The Balaban J connectivity index is 0.645. The van der Waals surface area contributed by atoms with Crippen molar-refractivity contribution in [2.24, 2.45) is 0 Å². The predicted octanol–water partition coefficient (Wildman–Crippen LogP) is 11.7. The molecule has 4 heterocycles. The zero-order chi connectivity index (χ0) is 79.1. The summed E-state index contributed by atoms with van der Waals surface area (Å²) in [4.78, 5) is 114. The van der Waals surface area contributed by atoms with Gasteiger partial charge >= 0.3 is 23.4 Å². The monoisotopic (exact) mass is 1520 g/mol. The first kappa shape index (κ1) is 81.6. The summed E-state index contributed by atoms with van der Waals surface area (Å²) < 4.78 is 50.0. The van der Waals surface area contributed by atoms with Gasteiger partial charge in [0, 0.05) is 94.5 Å². The third-order valence-corrected chi connectivity index (χ3v) is 18.5. The molecule has 0 bridgehead atoms. The molecule has 4 aromatic heterocycles. The number of carbonyl (C=O) groups is 6. The fourth-order valence-corrected chi connectivity index (χ4v) is 12.3. The number of hydrogen-bond acceptors (Lipinski definition) is 21. The molecule has 6 amide bonds. The molecule has 0 aliphatic rings. The lowest BCUT2D eigenvalue weighted by Gasteiger charge is -2.30. The molecule has 5 unspecified atom stereocenters. The molecule has 29 nitrogen and oxygen atoms in total. The summed E-state index contributed by atoms with van der Waals surface area (Å²) in [6.07, 6.45) is 0.193. The normalized spacial score (nSPS) is 12.7. The van der Waals surface area contributed by atoms with E-state index in [1.165, 1.54) is 21.9 Å². The standard InChI is InChI=1S/C82H95N13O16/c1-11-35-92(56(9)77(98)85-69-21-17-15-19-53(69)6)81(102)110-73(67-43-75(96)108-71-41-52(5)23-33-65(67)71)45-83-79(100)58-26-30-63(31-27-58)95-48-61(88-90-95)51-106-39-40-107-55(8)49-104-37-38-105-50-60-47-94(89-87-60)62-28-24-59(25-29-62)80(101)84-46-74(68-44-76(97)109-72-42-64(32-34-66(68)72)91(13-3)14-4)111-82(103)93(36-12-2)57(10)78(99)86-70-22-18-16-20-54(70)7/h15-34,41-44,47-48,55-57,73-74H,11-14,35-40,45-46,49-51H2,1-10H3,(H,83,100)(H,84,101)(H,85,98)(H,86,99). The summed E-state index contributed by atoms with van der Waals surface area (Å²) in [7, 11) is 0. The molecule has 0 saturated heterocycles. The predicted molar refractivity (Wildman–Crippen MR) is 417 cm³/mol. The molecule has 10 aromatic rings. The Labute approximate surface area is 642 Å². The van der Waals surface area contributed by atoms with Crippen molar-refractivity contribution in [3.8, 4) is 11.4 Å². The number of rotatable bonds is 38. The van der Waals surface area contributed by atoms with Crippen molar-refractivity contribution in [1.29, 1.82) is 0 Å². The highest BCUT2D eigenvalue weighted by molar-refractivity contribution is 5.98. The van der Waals surface area contributed by atoms with Crippen LogP contribution in [-0.4, -0.2) is 166 Å². The van der Waals surface area contributed by atoms with Gasteiger partial charge in [-0.25, -0.2) is 28.5 Å². The average Bonchev–Trinajstić information content (AvgIpc) is 1.36. The lowest BCUT2D eigenvalue weighted by molar-refractivity contribution is -0.121. The number of nitrogens with zero attached hydrogens (tertiary/aromatic N) is 9. The van der Waals surface area contributed by atoms with Gasteiger partial charge in [0.1, 0.15) is 46.8 Å². The minimum Gasteiger partial charge on any atom is -0.439 e. The van der Waals surface area contributed by atoms with E-state index in [1.807, 2.05) is 97.9 Å². The first-order valence-electron chi connectivity index (χ1n) is 37.1. The summed E-state index contributed by atoms with van der Waals surface area (Å²) in [6, 6.07) is 39.3. The van der Waals surface area contributed by atoms with E-state index < -0.39 is 71.4 Å². The second kappa shape index (κ2) is 39.4. The zero-order valence-electron chi connectivity index (χ0n) is 64.1. The highest BCUT2D eigenvalue weighted by Gasteiger charge is 2.33. The first-order chi connectivity index (χ1) is 53.6. The number of ether oxygens (including phenoxy) is 6. The fourth-order valence-electron chi connectivity index (χ4n) is 12.3. The second-order valence-electron chi connectivity index (χ2n) is 26.7. The highest BCUT2D eigenvalue weighted by atomic mass is 16.6. The van der Waals surface area contributed by atoms with E-state index in [9.17, 15) is 38.4 Å². The van der Waals surface area contributed by atoms with Crippen LogP contribution < -0.4 is 37.4 Å². The fraction of sp³-hybridized carbons (Fsp3) is 0.366. The van der Waals surface area contributed by atoms with Gasteiger partial charge in [-0.15, -0.1) is 10.2 Å². The Kier molecular flexibility index (Phi) is 29.0. The third-order valence-electron chi connectivity index (χ3n) is 18.5. The van der Waals surface area contributed by atoms with Gasteiger partial charge in [0.2, 0.25) is 11.8 Å². The summed E-state index contributed by atoms with van der Waals surface area (Å²) in [5.41, 5.74) is 7.37. The molecule has 5 atom stereocenters. The van der Waals surface area contributed by atoms with Crippen LogP contribution in [-0.2, 0) is 51.2 Å². The maximum absolute atomic E-state index is 14.3. The summed E-state index contributed by atoms with van der Waals surface area (Å²) in [6.45, 7) is 21.6. The average molecular weight is 1520 g/mol. The maximum Gasteiger partial charge on any atom is 0.411 e. The summed E-state index contributed by atoms with van der Waals surface area (Å²) in [5, 5.41) is 29.6. The van der Waals surface area contributed by atoms with E-state index in [-0.39, 0.29) is 75.4 Å². The van der Waals surface area contributed by atoms with Crippen molar-refractivity contribution in [1.82, 2.24) is 50.4 Å². The molecule has 0 aliphatic heterocycles. The molecule has 0 fully saturated rings. The molecular weight excluding hydrogens is 1420 g/mol. The van der Waals surface area contributed by atoms with E-state index in [0.29, 0.717) is 107 Å². The zero-order valence-corrected chi connectivity index (χ0v) is 64.1. The molecule has 0 aliphatic carbocycles. The van der Waals surface area contributed by atoms with Crippen LogP contribution in [0.15, 0.2) is 176 Å². The van der Waals surface area contributed by atoms with E-state index >= 15 is 0 Å². The van der Waals surface area contributed by atoms with E-state index in [4.69, 9.17) is 37.3 Å². The number of carbonyl (C=O) groups excluding carboxylic acids is 6. The van der Waals surface area contributed by atoms with Gasteiger partial charge in [-0.05, 0) is 164 Å². The Bertz CT molecular complexity index is 4960. The van der Waals surface area contributed by atoms with Crippen LogP contribution in [0, 0.1) is 20.8 Å². The topological polar surface area (TPSA) is 337 Å². The highest BCUT2D eigenvalue weighted by Crippen LogP contribution is 2.32. The van der Waals surface area contributed by atoms with Crippen LogP contribution in [0.3, 0.4) is 0 Å². The minimum absolute atomic E-state index is 0.158. The van der Waals surface area contributed by atoms with Crippen molar-refractivity contribution in [3.05, 3.63) is 229 Å². The van der Waals surface area contributed by atoms with Crippen LogP contribution in [0.1, 0.15) is 133 Å². The number of aromatic nitrogens is 6. The van der Waals surface area contributed by atoms with Gasteiger partial charge in [-0.2, -0.15) is 0 Å². The Morgan fingerprint density at radius 3 is 1.41 bits per heavy atom. The van der Waals surface area contributed by atoms with Crippen molar-refractivity contribution in [3.63, 3.8) is 0 Å². The maximum atomic E-state index is 14.3. The van der Waals surface area contributed by atoms with Crippen LogP contribution in [0.2, 0.25) is 0 Å². The molecule has 6 aromatic carbocycles. The van der Waals surface area contributed by atoms with Gasteiger partial charge in [0.25, 0.3) is 11.8 Å². The molecule has 0 radical (unpaired) electrons. The van der Waals surface area contributed by atoms with Gasteiger partial charge in [-0.1, -0.05) is 72.8 Å². The number of para-hydroxylation sites is 2. The molecule has 111 heavy (non-hydrogen) atoms. The lowest BCUT2D eigenvalue weighted by Crippen LogP contribution is -2.47. The van der Waals surface area contributed by atoms with E-state index in [2.05, 4.69) is 46.8 Å². The number of hydrogen-bond donors (Lipinski definition) is 4. The number of nitrogens with one attached hydrogen (secondary N) is 4. The number of anilines is 3. The van der Waals surface area contributed by atoms with Gasteiger partial charge in [0.15, 0.2) is 0 Å². The van der Waals surface area contributed by atoms with Crippen LogP contribution in [0.4, 0.5) is 26.7 Å². The second-order valence-corrected chi connectivity index (χ2v) is 26.7. The van der Waals surface area contributed by atoms with Crippen molar-refractivity contribution >= 4 is 74.8 Å². The molecule has 29 heteroatoms. The van der Waals surface area contributed by atoms with Crippen molar-refractivity contribution in [2.75, 3.05) is 87.8 Å². The van der Waals surface area contributed by atoms with Gasteiger partial charge < -0.3 is 63.4 Å². The van der Waals surface area contributed by atoms with Crippen LogP contribution in [0.25, 0.3) is 33.3 Å². The Hall–Kier alpha value is -11.9. The van der Waals surface area contributed by atoms with Crippen LogP contribution >= 0.6 is 0 Å². The SMILES string of the molecule is CCCN(C(=O)OC(CNC(=O)c1ccc(-n2cc(COCCOC(C)COCCOCc3cn(-c4ccc(C(=O)NCC(OC(=O)N(CCC)C(C)C(=O)Nc5ccccc5C)c5cc(=O)oc6cc(N(CC)CC)ccc56)cc4)nn3)nn2)cc1)c1cc(=O)oc2cc(C)ccc12)C(C)C(=O)Nc1ccccc1C. The number of fused-ring (bicyclic) bond motifs is 2. The van der Waals surface area contributed by atoms with E-state index in [1.54, 1.807) is 127 Å². The number of aryl methyl sites for hydroxylation is 3. The number of benzene rings is 6. The first-order valence-corrected chi connectivity index (χ1v) is 37.1. The van der Waals surface area contributed by atoms with Crippen molar-refractivity contribution < 1.29 is 66.0 Å². The number of amides is 6. The Morgan fingerprint density at radius 1 is 0.514 bits per heavy atom. The Morgan fingerprint density at radius 2 is 0.955 bits per heavy atom. The lowest BCUT2D eigenvalue weighted by atomic mass is 10.0. The molecule has 0 spiro atoms. The molecule has 10 rings (SSSR count). The molecule has 0 saturated carbocycles.